The van der Waals surface area contributed by atoms with Crippen molar-refractivity contribution in [1.29, 1.82) is 0 Å². The van der Waals surface area contributed by atoms with Crippen LogP contribution < -0.4 is 0 Å². The zero-order valence-corrected chi connectivity index (χ0v) is 9.20. The molecule has 0 amide bonds. The van der Waals surface area contributed by atoms with Gasteiger partial charge >= 0.3 is 0 Å². The minimum absolute atomic E-state index is 0.578. The molecule has 11 heavy (non-hydrogen) atoms. The molecule has 1 rings (SSSR count). The molecule has 0 atom stereocenters. The fourth-order valence-electron chi connectivity index (χ4n) is 0.666. The van der Waals surface area contributed by atoms with Crippen LogP contribution in [-0.2, 0) is 0 Å². The molecular weight excluding hydrogens is 295 g/mol. The number of rotatable bonds is 1. The van der Waals surface area contributed by atoms with Crippen molar-refractivity contribution in [3.05, 3.63) is 31.7 Å². The van der Waals surface area contributed by atoms with E-state index in [0.717, 1.165) is 6.29 Å². The van der Waals surface area contributed by atoms with Gasteiger partial charge in [0.15, 0.2) is 6.29 Å². The van der Waals surface area contributed by atoms with Crippen LogP contribution in [0.2, 0.25) is 5.02 Å². The molecule has 1 nitrogen and oxygen atoms in total. The van der Waals surface area contributed by atoms with E-state index in [2.05, 4.69) is 31.9 Å². The van der Waals surface area contributed by atoms with Gasteiger partial charge in [-0.1, -0.05) is 11.6 Å². The molecule has 0 radical (unpaired) electrons. The van der Waals surface area contributed by atoms with Crippen LogP contribution in [-0.4, -0.2) is 6.29 Å². The highest BCUT2D eigenvalue weighted by atomic mass is 79.9. The summed E-state index contributed by atoms with van der Waals surface area (Å²) in [6, 6.07) is 3.35. The Morgan fingerprint density at radius 2 is 1.73 bits per heavy atom. The Bertz CT molecular complexity index is 275. The molecule has 0 spiro atoms. The second-order valence-corrected chi connectivity index (χ2v) is 4.05. The van der Waals surface area contributed by atoms with Crippen molar-refractivity contribution < 1.29 is 4.79 Å². The third-order valence-electron chi connectivity index (χ3n) is 1.16. The fraction of sp³-hybridized carbons (Fsp3) is 0. The van der Waals surface area contributed by atoms with Crippen LogP contribution in [0.3, 0.4) is 0 Å². The molecule has 0 saturated heterocycles. The third kappa shape index (κ3) is 2.04. The van der Waals surface area contributed by atoms with E-state index in [4.69, 9.17) is 11.6 Å². The summed E-state index contributed by atoms with van der Waals surface area (Å²) in [6.07, 6.45) is 0.768. The first-order chi connectivity index (χ1) is 5.15. The quantitative estimate of drug-likeness (QED) is 0.723. The number of hydrogen-bond acceptors (Lipinski definition) is 1. The molecule has 0 aliphatic rings. The van der Waals surface area contributed by atoms with Gasteiger partial charge in [0.25, 0.3) is 0 Å². The molecule has 0 aromatic heterocycles. The SMILES string of the molecule is O=Cc1c(Br)cc(Cl)cc1Br. The van der Waals surface area contributed by atoms with E-state index in [9.17, 15) is 4.79 Å². The minimum atomic E-state index is 0.578. The van der Waals surface area contributed by atoms with E-state index in [-0.39, 0.29) is 0 Å². The van der Waals surface area contributed by atoms with Gasteiger partial charge in [-0.05, 0) is 44.0 Å². The fourth-order valence-corrected chi connectivity index (χ4v) is 2.52. The topological polar surface area (TPSA) is 17.1 Å². The Morgan fingerprint density at radius 1 is 1.27 bits per heavy atom. The molecule has 0 N–H and O–H groups in total. The second kappa shape index (κ2) is 3.70. The number of hydrogen-bond donors (Lipinski definition) is 0. The van der Waals surface area contributed by atoms with Crippen LogP contribution in [0.15, 0.2) is 21.1 Å². The van der Waals surface area contributed by atoms with Gasteiger partial charge < -0.3 is 0 Å². The molecule has 0 aliphatic carbocycles. The van der Waals surface area contributed by atoms with E-state index in [1.54, 1.807) is 12.1 Å². The zero-order valence-electron chi connectivity index (χ0n) is 5.27. The van der Waals surface area contributed by atoms with Crippen molar-refractivity contribution in [1.82, 2.24) is 0 Å². The predicted molar refractivity (Wildman–Crippen MR) is 52.2 cm³/mol. The first kappa shape index (κ1) is 9.23. The molecule has 1 aromatic rings. The maximum Gasteiger partial charge on any atom is 0.152 e. The first-order valence-corrected chi connectivity index (χ1v) is 4.71. The van der Waals surface area contributed by atoms with E-state index in [1.165, 1.54) is 0 Å². The highest BCUT2D eigenvalue weighted by Gasteiger charge is 2.04. The lowest BCUT2D eigenvalue weighted by atomic mass is 10.2. The average Bonchev–Trinajstić information content (AvgIpc) is 1.85. The van der Waals surface area contributed by atoms with Gasteiger partial charge in [-0.15, -0.1) is 0 Å². The average molecular weight is 298 g/mol. The molecule has 0 aliphatic heterocycles. The van der Waals surface area contributed by atoms with Crippen molar-refractivity contribution in [3.8, 4) is 0 Å². The smallest absolute Gasteiger partial charge is 0.152 e. The Labute approximate surface area is 86.0 Å². The predicted octanol–water partition coefficient (Wildman–Crippen LogP) is 3.68. The summed E-state index contributed by atoms with van der Waals surface area (Å²) in [5, 5.41) is 0.592. The summed E-state index contributed by atoms with van der Waals surface area (Å²) >= 11 is 12.1. The van der Waals surface area contributed by atoms with Crippen molar-refractivity contribution in [3.63, 3.8) is 0 Å². The number of benzene rings is 1. The Hall–Kier alpha value is 0.140. The molecule has 0 heterocycles. The van der Waals surface area contributed by atoms with E-state index in [0.29, 0.717) is 19.5 Å². The van der Waals surface area contributed by atoms with Gasteiger partial charge in [0.05, 0.1) is 0 Å². The molecule has 1 aromatic carbocycles. The van der Waals surface area contributed by atoms with Gasteiger partial charge in [0, 0.05) is 19.5 Å². The number of carbonyl (C=O) groups is 1. The third-order valence-corrected chi connectivity index (χ3v) is 2.69. The molecular formula is C7H3Br2ClO. The second-order valence-electron chi connectivity index (χ2n) is 1.90. The van der Waals surface area contributed by atoms with Crippen LogP contribution in [0, 0.1) is 0 Å². The Morgan fingerprint density at radius 3 is 2.09 bits per heavy atom. The molecule has 0 unspecified atom stereocenters. The summed E-state index contributed by atoms with van der Waals surface area (Å²) in [5.74, 6) is 0. The van der Waals surface area contributed by atoms with Crippen LogP contribution >= 0.6 is 43.5 Å². The summed E-state index contributed by atoms with van der Waals surface area (Å²) < 4.78 is 1.40. The van der Waals surface area contributed by atoms with E-state index >= 15 is 0 Å². The van der Waals surface area contributed by atoms with Crippen LogP contribution in [0.4, 0.5) is 0 Å². The van der Waals surface area contributed by atoms with Gasteiger partial charge in [-0.2, -0.15) is 0 Å². The molecule has 0 saturated carbocycles. The Kier molecular flexibility index (Phi) is 3.10. The van der Waals surface area contributed by atoms with Gasteiger partial charge in [-0.25, -0.2) is 0 Å². The minimum Gasteiger partial charge on any atom is -0.298 e. The molecule has 4 heteroatoms. The lowest BCUT2D eigenvalue weighted by Gasteiger charge is -1.99. The lowest BCUT2D eigenvalue weighted by molar-refractivity contribution is 0.112. The molecule has 58 valence electrons. The van der Waals surface area contributed by atoms with Gasteiger partial charge in [0.1, 0.15) is 0 Å². The summed E-state index contributed by atoms with van der Waals surface area (Å²) in [6.45, 7) is 0. The summed E-state index contributed by atoms with van der Waals surface area (Å²) in [4.78, 5) is 10.5. The van der Waals surface area contributed by atoms with Crippen molar-refractivity contribution in [2.24, 2.45) is 0 Å². The molecule has 0 fully saturated rings. The van der Waals surface area contributed by atoms with Crippen LogP contribution in [0.25, 0.3) is 0 Å². The zero-order chi connectivity index (χ0) is 8.43. The maximum atomic E-state index is 10.5. The van der Waals surface area contributed by atoms with Crippen LogP contribution in [0.1, 0.15) is 10.4 Å². The highest BCUT2D eigenvalue weighted by Crippen LogP contribution is 2.27. The lowest BCUT2D eigenvalue weighted by Crippen LogP contribution is -1.84. The first-order valence-electron chi connectivity index (χ1n) is 2.75. The van der Waals surface area contributed by atoms with Crippen LogP contribution in [0.5, 0.6) is 0 Å². The van der Waals surface area contributed by atoms with Crippen molar-refractivity contribution in [2.45, 2.75) is 0 Å². The van der Waals surface area contributed by atoms with Gasteiger partial charge in [0.2, 0.25) is 0 Å². The normalized spacial score (nSPS) is 9.73. The molecule has 0 bridgehead atoms. The maximum absolute atomic E-state index is 10.5. The number of halogens is 3. The Balaban J connectivity index is 3.36. The standard InChI is InChI=1S/C7H3Br2ClO/c8-6-1-4(10)2-7(9)5(6)3-11/h1-3H. The number of carbonyl (C=O) groups excluding carboxylic acids is 1. The van der Waals surface area contributed by atoms with E-state index < -0.39 is 0 Å². The largest absolute Gasteiger partial charge is 0.298 e. The summed E-state index contributed by atoms with van der Waals surface area (Å²) in [7, 11) is 0. The van der Waals surface area contributed by atoms with Crippen molar-refractivity contribution >= 4 is 49.7 Å². The van der Waals surface area contributed by atoms with Gasteiger partial charge in [-0.3, -0.25) is 4.79 Å². The summed E-state index contributed by atoms with van der Waals surface area (Å²) in [5.41, 5.74) is 0.578. The highest BCUT2D eigenvalue weighted by molar-refractivity contribution is 9.11. The monoisotopic (exact) mass is 296 g/mol. The van der Waals surface area contributed by atoms with E-state index in [1.807, 2.05) is 0 Å². The number of aldehydes is 1. The van der Waals surface area contributed by atoms with Crippen molar-refractivity contribution in [2.75, 3.05) is 0 Å².